The van der Waals surface area contributed by atoms with E-state index in [1.165, 1.54) is 0 Å². The van der Waals surface area contributed by atoms with Gasteiger partial charge in [0.25, 0.3) is 0 Å². The monoisotopic (exact) mass is 426 g/mol. The van der Waals surface area contributed by atoms with Crippen LogP contribution in [-0.4, -0.2) is 14.7 Å². The molecule has 0 radical (unpaired) electrons. The lowest BCUT2D eigenvalue weighted by atomic mass is 9.97. The van der Waals surface area contributed by atoms with E-state index in [9.17, 15) is 5.11 Å². The molecule has 0 aliphatic heterocycles. The van der Waals surface area contributed by atoms with Crippen LogP contribution in [-0.2, 0) is 19.6 Å². The number of hydrogen-bond acceptors (Lipinski definition) is 6. The van der Waals surface area contributed by atoms with Crippen molar-refractivity contribution in [3.05, 3.63) is 82.2 Å². The summed E-state index contributed by atoms with van der Waals surface area (Å²) in [6.07, 6.45) is 6.32. The lowest BCUT2D eigenvalue weighted by Gasteiger charge is -2.13. The van der Waals surface area contributed by atoms with Gasteiger partial charge in [-0.2, -0.15) is 0 Å². The Morgan fingerprint density at radius 2 is 1.93 bits per heavy atom. The molecule has 7 nitrogen and oxygen atoms in total. The molecule has 0 amide bonds. The van der Waals surface area contributed by atoms with Crippen molar-refractivity contribution in [2.75, 3.05) is 0 Å². The number of nitrogens with zero attached hydrogens (tertiary/aromatic N) is 4. The van der Waals surface area contributed by atoms with Crippen molar-refractivity contribution in [1.82, 2.24) is 9.55 Å². The molecule has 0 atom stereocenters. The maximum atomic E-state index is 9.74. The lowest BCUT2D eigenvalue weighted by molar-refractivity contribution is 0.271. The standard InChI is InChI=1S/C22H27ClN6O/c1-4-6-8-20-26-21(23)19(14-30)29(20)13-16-9-11-17(12-10-16)18(7-5-2)15(3)22(27-24)28-25/h5,7,9-12,24-25,30H,2,4,6,8,13-14H2,1,3H3/b18-7+,22-15?,27-24?,28-25?. The number of aryl methyl sites for hydroxylation is 1. The van der Waals surface area contributed by atoms with E-state index in [1.807, 2.05) is 34.9 Å². The first-order chi connectivity index (χ1) is 14.5. The number of aliphatic hydroxyl groups is 1. The molecule has 0 unspecified atom stereocenters. The SMILES string of the molecule is C=C/C=C(\C(C)=C(N=N)N=N)c1ccc(Cn2c(CCCC)nc(Cl)c2CO)cc1. The molecule has 30 heavy (non-hydrogen) atoms. The zero-order valence-electron chi connectivity index (χ0n) is 17.3. The van der Waals surface area contributed by atoms with Gasteiger partial charge in [-0.25, -0.2) is 16.0 Å². The number of rotatable bonds is 11. The first-order valence-electron chi connectivity index (χ1n) is 9.73. The first-order valence-corrected chi connectivity index (χ1v) is 10.1. The molecule has 158 valence electrons. The van der Waals surface area contributed by atoms with Crippen molar-refractivity contribution in [3.8, 4) is 0 Å². The number of aromatic nitrogens is 2. The van der Waals surface area contributed by atoms with Gasteiger partial charge in [0, 0.05) is 18.5 Å². The molecular weight excluding hydrogens is 400 g/mol. The van der Waals surface area contributed by atoms with Crippen molar-refractivity contribution in [2.24, 2.45) is 10.2 Å². The highest BCUT2D eigenvalue weighted by Gasteiger charge is 2.15. The number of imidazole rings is 1. The third-order valence-corrected chi connectivity index (χ3v) is 5.15. The van der Waals surface area contributed by atoms with Crippen LogP contribution in [0.3, 0.4) is 0 Å². The van der Waals surface area contributed by atoms with Gasteiger partial charge in [-0.3, -0.25) is 0 Å². The molecular formula is C22H27ClN6O. The normalized spacial score (nSPS) is 11.3. The number of benzene rings is 1. The molecule has 0 spiro atoms. The number of aliphatic hydroxyl groups excluding tert-OH is 1. The second-order valence-corrected chi connectivity index (χ2v) is 7.16. The highest BCUT2D eigenvalue weighted by Crippen LogP contribution is 2.27. The molecule has 0 bridgehead atoms. The second kappa shape index (κ2) is 11.3. The summed E-state index contributed by atoms with van der Waals surface area (Å²) in [5, 5.41) is 16.7. The summed E-state index contributed by atoms with van der Waals surface area (Å²) in [5.74, 6) is 0.924. The fourth-order valence-corrected chi connectivity index (χ4v) is 3.47. The molecule has 1 aromatic carbocycles. The van der Waals surface area contributed by atoms with Gasteiger partial charge < -0.3 is 9.67 Å². The number of allylic oxidation sites excluding steroid dienone is 4. The minimum atomic E-state index is -0.164. The Morgan fingerprint density at radius 3 is 2.47 bits per heavy atom. The van der Waals surface area contributed by atoms with Crippen molar-refractivity contribution >= 4 is 17.2 Å². The fraction of sp³-hybridized carbons (Fsp3) is 0.318. The van der Waals surface area contributed by atoms with Gasteiger partial charge in [0.1, 0.15) is 5.82 Å². The van der Waals surface area contributed by atoms with Gasteiger partial charge in [-0.05, 0) is 30.0 Å². The highest BCUT2D eigenvalue weighted by atomic mass is 35.5. The summed E-state index contributed by atoms with van der Waals surface area (Å²) >= 11 is 6.23. The Labute approximate surface area is 181 Å². The molecule has 0 aliphatic carbocycles. The maximum Gasteiger partial charge on any atom is 0.198 e. The van der Waals surface area contributed by atoms with Crippen LogP contribution in [0, 0.1) is 11.1 Å². The summed E-state index contributed by atoms with van der Waals surface area (Å²) < 4.78 is 1.98. The van der Waals surface area contributed by atoms with Crippen LogP contribution in [0.15, 0.2) is 64.6 Å². The minimum absolute atomic E-state index is 0.0494. The molecule has 1 heterocycles. The Kier molecular flexibility index (Phi) is 8.83. The van der Waals surface area contributed by atoms with Crippen LogP contribution >= 0.6 is 11.6 Å². The maximum absolute atomic E-state index is 9.74. The van der Waals surface area contributed by atoms with Gasteiger partial charge in [-0.15, -0.1) is 10.2 Å². The zero-order valence-corrected chi connectivity index (χ0v) is 18.1. The van der Waals surface area contributed by atoms with E-state index in [1.54, 1.807) is 13.0 Å². The Balaban J connectivity index is 2.37. The fourth-order valence-electron chi connectivity index (χ4n) is 3.21. The molecule has 0 fully saturated rings. The number of nitrogens with one attached hydrogen (secondary N) is 2. The van der Waals surface area contributed by atoms with E-state index < -0.39 is 0 Å². The van der Waals surface area contributed by atoms with Crippen molar-refractivity contribution in [2.45, 2.75) is 46.3 Å². The van der Waals surface area contributed by atoms with E-state index in [0.29, 0.717) is 23.0 Å². The van der Waals surface area contributed by atoms with E-state index in [0.717, 1.165) is 41.8 Å². The van der Waals surface area contributed by atoms with Crippen molar-refractivity contribution in [1.29, 1.82) is 11.1 Å². The van der Waals surface area contributed by atoms with E-state index in [4.69, 9.17) is 22.7 Å². The largest absolute Gasteiger partial charge is 0.390 e. The Hall–Kier alpha value is -2.90. The van der Waals surface area contributed by atoms with Crippen molar-refractivity contribution < 1.29 is 5.11 Å². The summed E-state index contributed by atoms with van der Waals surface area (Å²) in [6.45, 7) is 8.04. The topological polar surface area (TPSA) is 110 Å². The first kappa shape index (κ1) is 23.4. The molecule has 0 aliphatic rings. The summed E-state index contributed by atoms with van der Waals surface area (Å²) in [7, 11) is 0. The van der Waals surface area contributed by atoms with Crippen molar-refractivity contribution in [3.63, 3.8) is 0 Å². The van der Waals surface area contributed by atoms with Gasteiger partial charge >= 0.3 is 0 Å². The average Bonchev–Trinajstić information content (AvgIpc) is 3.05. The molecule has 0 saturated heterocycles. The smallest absolute Gasteiger partial charge is 0.198 e. The molecule has 0 saturated carbocycles. The lowest BCUT2D eigenvalue weighted by Crippen LogP contribution is -2.09. The summed E-state index contributed by atoms with van der Waals surface area (Å²) in [4.78, 5) is 4.43. The minimum Gasteiger partial charge on any atom is -0.390 e. The quantitative estimate of drug-likeness (QED) is 0.290. The average molecular weight is 427 g/mol. The molecule has 1 aromatic heterocycles. The van der Waals surface area contributed by atoms with Gasteiger partial charge in [0.2, 0.25) is 0 Å². The highest BCUT2D eigenvalue weighted by molar-refractivity contribution is 6.30. The van der Waals surface area contributed by atoms with Gasteiger partial charge in [-0.1, -0.05) is 67.9 Å². The predicted octanol–water partition coefficient (Wildman–Crippen LogP) is 6.28. The summed E-state index contributed by atoms with van der Waals surface area (Å²) in [5.41, 5.74) is 18.4. The molecule has 2 aromatic rings. The van der Waals surface area contributed by atoms with Gasteiger partial charge in [0.15, 0.2) is 11.0 Å². The van der Waals surface area contributed by atoms with E-state index >= 15 is 0 Å². The Morgan fingerprint density at radius 1 is 1.27 bits per heavy atom. The summed E-state index contributed by atoms with van der Waals surface area (Å²) in [6, 6.07) is 7.91. The Bertz CT molecular complexity index is 962. The second-order valence-electron chi connectivity index (χ2n) is 6.80. The molecule has 3 N–H and O–H groups in total. The number of halogens is 1. The van der Waals surface area contributed by atoms with Crippen LogP contribution in [0.1, 0.15) is 49.3 Å². The third kappa shape index (κ3) is 5.37. The molecule has 8 heteroatoms. The number of hydrogen-bond donors (Lipinski definition) is 3. The van der Waals surface area contributed by atoms with Crippen LogP contribution in [0.25, 0.3) is 5.57 Å². The van der Waals surface area contributed by atoms with Gasteiger partial charge in [0.05, 0.1) is 12.3 Å². The van der Waals surface area contributed by atoms with E-state index in [-0.39, 0.29) is 12.4 Å². The molecule has 2 rings (SSSR count). The predicted molar refractivity (Wildman–Crippen MR) is 118 cm³/mol. The van der Waals surface area contributed by atoms with E-state index in [2.05, 4.69) is 28.7 Å². The van der Waals surface area contributed by atoms with Crippen LogP contribution < -0.4 is 0 Å². The zero-order chi connectivity index (χ0) is 22.1. The van der Waals surface area contributed by atoms with Crippen LogP contribution in [0.2, 0.25) is 5.15 Å². The number of unbranched alkanes of at least 4 members (excludes halogenated alkanes) is 1. The third-order valence-electron chi connectivity index (χ3n) is 4.85. The van der Waals surface area contributed by atoms with Crippen LogP contribution in [0.4, 0.5) is 0 Å². The van der Waals surface area contributed by atoms with Crippen LogP contribution in [0.5, 0.6) is 0 Å².